The molecule has 0 aromatic rings. The van der Waals surface area contributed by atoms with Gasteiger partial charge in [0.2, 0.25) is 0 Å². The summed E-state index contributed by atoms with van der Waals surface area (Å²) in [6.45, 7) is 12.6. The molecule has 1 aliphatic rings. The number of aliphatic imine (C=N–C) groups is 1. The van der Waals surface area contributed by atoms with Crippen molar-refractivity contribution in [1.29, 1.82) is 0 Å². The van der Waals surface area contributed by atoms with E-state index < -0.39 is 0 Å². The van der Waals surface area contributed by atoms with Crippen molar-refractivity contribution in [2.75, 3.05) is 33.3 Å². The fourth-order valence-corrected chi connectivity index (χ4v) is 1.96. The second kappa shape index (κ2) is 6.50. The average molecular weight is 240 g/mol. The molecule has 0 amide bonds. The lowest BCUT2D eigenvalue weighted by atomic mass is 9.99. The van der Waals surface area contributed by atoms with Gasteiger partial charge in [0.15, 0.2) is 0 Å². The Morgan fingerprint density at radius 2 is 1.88 bits per heavy atom. The van der Waals surface area contributed by atoms with Crippen LogP contribution in [0.15, 0.2) is 4.99 Å². The molecule has 1 fully saturated rings. The molecule has 1 saturated heterocycles. The highest BCUT2D eigenvalue weighted by Crippen LogP contribution is 2.16. The molecule has 1 aliphatic heterocycles. The first-order valence-corrected chi connectivity index (χ1v) is 6.71. The molecule has 0 aromatic heterocycles. The van der Waals surface area contributed by atoms with Crippen LogP contribution >= 0.6 is 0 Å². The van der Waals surface area contributed by atoms with Gasteiger partial charge in [-0.15, -0.1) is 0 Å². The van der Waals surface area contributed by atoms with Crippen LogP contribution in [0.1, 0.15) is 40.5 Å². The number of ether oxygens (including phenoxy) is 1. The van der Waals surface area contributed by atoms with Crippen LogP contribution in [0.4, 0.5) is 0 Å². The van der Waals surface area contributed by atoms with Crippen molar-refractivity contribution in [3.05, 3.63) is 0 Å². The van der Waals surface area contributed by atoms with Crippen molar-refractivity contribution >= 4 is 5.71 Å². The zero-order chi connectivity index (χ0) is 12.9. The number of piperidine rings is 1. The molecule has 0 unspecified atom stereocenters. The van der Waals surface area contributed by atoms with Gasteiger partial charge in [-0.3, -0.25) is 9.89 Å². The summed E-state index contributed by atoms with van der Waals surface area (Å²) < 4.78 is 5.79. The van der Waals surface area contributed by atoms with Crippen LogP contribution in [-0.4, -0.2) is 49.5 Å². The minimum atomic E-state index is -0.0770. The second-order valence-electron chi connectivity index (χ2n) is 6.15. The van der Waals surface area contributed by atoms with Gasteiger partial charge in [0.1, 0.15) is 0 Å². The molecule has 1 rings (SSSR count). The minimum Gasteiger partial charge on any atom is -0.370 e. The molecule has 3 nitrogen and oxygen atoms in total. The molecular weight excluding hydrogens is 212 g/mol. The van der Waals surface area contributed by atoms with Gasteiger partial charge in [0.25, 0.3) is 0 Å². The first-order valence-electron chi connectivity index (χ1n) is 6.71. The SMILES string of the molecule is CN=C(COC(C)(C)C)CN1CCC(C)CC1. The molecule has 3 heteroatoms. The highest BCUT2D eigenvalue weighted by Gasteiger charge is 2.18. The van der Waals surface area contributed by atoms with E-state index in [0.29, 0.717) is 6.61 Å². The van der Waals surface area contributed by atoms with E-state index in [1.54, 1.807) is 0 Å². The summed E-state index contributed by atoms with van der Waals surface area (Å²) in [5.41, 5.74) is 1.08. The monoisotopic (exact) mass is 240 g/mol. The van der Waals surface area contributed by atoms with Crippen LogP contribution in [0, 0.1) is 5.92 Å². The molecule has 0 bridgehead atoms. The highest BCUT2D eigenvalue weighted by molar-refractivity contribution is 5.87. The Labute approximate surface area is 106 Å². The smallest absolute Gasteiger partial charge is 0.0864 e. The molecule has 0 spiro atoms. The molecule has 0 atom stereocenters. The lowest BCUT2D eigenvalue weighted by Crippen LogP contribution is -2.38. The first kappa shape index (κ1) is 14.7. The molecule has 0 aromatic carbocycles. The van der Waals surface area contributed by atoms with E-state index in [1.165, 1.54) is 25.9 Å². The van der Waals surface area contributed by atoms with Gasteiger partial charge in [-0.05, 0) is 52.6 Å². The van der Waals surface area contributed by atoms with Crippen molar-refractivity contribution in [2.24, 2.45) is 10.9 Å². The number of hydrogen-bond donors (Lipinski definition) is 0. The molecule has 0 radical (unpaired) electrons. The summed E-state index contributed by atoms with van der Waals surface area (Å²) in [7, 11) is 1.87. The lowest BCUT2D eigenvalue weighted by molar-refractivity contribution is 0.0199. The van der Waals surface area contributed by atoms with Crippen molar-refractivity contribution in [1.82, 2.24) is 4.90 Å². The van der Waals surface area contributed by atoms with Crippen LogP contribution in [0.25, 0.3) is 0 Å². The Balaban J connectivity index is 2.32. The summed E-state index contributed by atoms with van der Waals surface area (Å²) in [6.07, 6.45) is 2.63. The highest BCUT2D eigenvalue weighted by atomic mass is 16.5. The molecule has 0 N–H and O–H groups in total. The molecule has 17 heavy (non-hydrogen) atoms. The van der Waals surface area contributed by atoms with E-state index >= 15 is 0 Å². The third-order valence-electron chi connectivity index (χ3n) is 3.27. The van der Waals surface area contributed by atoms with Crippen LogP contribution < -0.4 is 0 Å². The van der Waals surface area contributed by atoms with Crippen molar-refractivity contribution in [3.63, 3.8) is 0 Å². The predicted molar refractivity (Wildman–Crippen MR) is 73.9 cm³/mol. The minimum absolute atomic E-state index is 0.0770. The van der Waals surface area contributed by atoms with E-state index in [2.05, 4.69) is 37.6 Å². The summed E-state index contributed by atoms with van der Waals surface area (Å²) in [6, 6.07) is 0. The van der Waals surface area contributed by atoms with Crippen molar-refractivity contribution < 1.29 is 4.74 Å². The van der Waals surface area contributed by atoms with Crippen molar-refractivity contribution in [3.8, 4) is 0 Å². The number of hydrogen-bond acceptors (Lipinski definition) is 3. The van der Waals surface area contributed by atoms with Crippen LogP contribution in [0.3, 0.4) is 0 Å². The molecule has 100 valence electrons. The predicted octanol–water partition coefficient (Wildman–Crippen LogP) is 2.60. The second-order valence-corrected chi connectivity index (χ2v) is 6.15. The molecule has 0 saturated carbocycles. The lowest BCUT2D eigenvalue weighted by Gasteiger charge is -2.31. The van der Waals surface area contributed by atoms with E-state index in [-0.39, 0.29) is 5.60 Å². The van der Waals surface area contributed by atoms with Crippen LogP contribution in [0.2, 0.25) is 0 Å². The summed E-state index contributed by atoms with van der Waals surface area (Å²) >= 11 is 0. The fourth-order valence-electron chi connectivity index (χ4n) is 1.96. The third kappa shape index (κ3) is 6.18. The zero-order valence-electron chi connectivity index (χ0n) is 12.1. The van der Waals surface area contributed by atoms with Gasteiger partial charge in [-0.1, -0.05) is 6.92 Å². The molecular formula is C14H28N2O. The fraction of sp³-hybridized carbons (Fsp3) is 0.929. The molecule has 0 aliphatic carbocycles. The normalized spacial score (nSPS) is 20.9. The Morgan fingerprint density at radius 1 is 1.29 bits per heavy atom. The van der Waals surface area contributed by atoms with Gasteiger partial charge in [0.05, 0.1) is 17.9 Å². The number of likely N-dealkylation sites (tertiary alicyclic amines) is 1. The summed E-state index contributed by atoms with van der Waals surface area (Å²) in [5.74, 6) is 0.888. The number of rotatable bonds is 4. The Kier molecular flexibility index (Phi) is 5.60. The van der Waals surface area contributed by atoms with Gasteiger partial charge in [0, 0.05) is 13.6 Å². The zero-order valence-corrected chi connectivity index (χ0v) is 12.1. The third-order valence-corrected chi connectivity index (χ3v) is 3.27. The van der Waals surface area contributed by atoms with Gasteiger partial charge >= 0.3 is 0 Å². The first-order chi connectivity index (χ1) is 7.90. The topological polar surface area (TPSA) is 24.8 Å². The van der Waals surface area contributed by atoms with Crippen LogP contribution in [0.5, 0.6) is 0 Å². The summed E-state index contributed by atoms with van der Waals surface area (Å²) in [5, 5.41) is 0. The largest absolute Gasteiger partial charge is 0.370 e. The van der Waals surface area contributed by atoms with Crippen LogP contribution in [-0.2, 0) is 4.74 Å². The van der Waals surface area contributed by atoms with Gasteiger partial charge in [-0.25, -0.2) is 0 Å². The van der Waals surface area contributed by atoms with Gasteiger partial charge < -0.3 is 4.74 Å². The summed E-state index contributed by atoms with van der Waals surface area (Å²) in [4.78, 5) is 6.85. The van der Waals surface area contributed by atoms with E-state index in [0.717, 1.165) is 18.2 Å². The van der Waals surface area contributed by atoms with Gasteiger partial charge in [-0.2, -0.15) is 0 Å². The maximum atomic E-state index is 5.79. The maximum Gasteiger partial charge on any atom is 0.0864 e. The van der Waals surface area contributed by atoms with E-state index in [4.69, 9.17) is 4.74 Å². The standard InChI is InChI=1S/C14H28N2O/c1-12-6-8-16(9-7-12)10-13(15-5)11-17-14(2,3)4/h12H,6-11H2,1-5H3. The Hall–Kier alpha value is -0.410. The van der Waals surface area contributed by atoms with E-state index in [9.17, 15) is 0 Å². The van der Waals surface area contributed by atoms with E-state index in [1.807, 2.05) is 7.05 Å². The Bertz CT molecular complexity index is 247. The molecule has 1 heterocycles. The maximum absolute atomic E-state index is 5.79. The quantitative estimate of drug-likeness (QED) is 0.706. The number of nitrogens with zero attached hydrogens (tertiary/aromatic N) is 2. The Morgan fingerprint density at radius 3 is 2.35 bits per heavy atom. The average Bonchev–Trinajstić information content (AvgIpc) is 2.25. The van der Waals surface area contributed by atoms with Crippen molar-refractivity contribution in [2.45, 2.75) is 46.1 Å².